The van der Waals surface area contributed by atoms with Crippen molar-refractivity contribution in [2.24, 2.45) is 11.3 Å². The molecule has 1 N–H and O–H groups in total. The third-order valence-electron chi connectivity index (χ3n) is 4.45. The molecule has 0 aromatic carbocycles. The third kappa shape index (κ3) is 1.70. The molecule has 3 fully saturated rings. The molecular formula is C12H22N2. The van der Waals surface area contributed by atoms with Crippen molar-refractivity contribution in [2.75, 3.05) is 26.2 Å². The van der Waals surface area contributed by atoms with E-state index < -0.39 is 0 Å². The molecule has 3 aliphatic rings. The number of nitrogens with zero attached hydrogens (tertiary/aromatic N) is 1. The standard InChI is InChI=1S/C12H22N2/c1-12(4-5-12)9-14-7-3-11-10(8-14)2-6-13-11/h10-11,13H,2-9H2,1H3. The molecule has 2 aliphatic heterocycles. The lowest BCUT2D eigenvalue weighted by Crippen LogP contribution is -2.45. The number of nitrogens with one attached hydrogen (secondary N) is 1. The number of fused-ring (bicyclic) bond motifs is 1. The van der Waals surface area contributed by atoms with Crippen molar-refractivity contribution in [3.05, 3.63) is 0 Å². The van der Waals surface area contributed by atoms with E-state index in [1.54, 1.807) is 0 Å². The van der Waals surface area contributed by atoms with Crippen LogP contribution in [0.25, 0.3) is 0 Å². The van der Waals surface area contributed by atoms with Gasteiger partial charge in [-0.05, 0) is 50.1 Å². The summed E-state index contributed by atoms with van der Waals surface area (Å²) >= 11 is 0. The van der Waals surface area contributed by atoms with E-state index in [2.05, 4.69) is 17.1 Å². The van der Waals surface area contributed by atoms with E-state index in [9.17, 15) is 0 Å². The predicted molar refractivity (Wildman–Crippen MR) is 58.3 cm³/mol. The summed E-state index contributed by atoms with van der Waals surface area (Å²) in [6.45, 7) is 7.79. The minimum atomic E-state index is 0.707. The van der Waals surface area contributed by atoms with Crippen LogP contribution in [0, 0.1) is 11.3 Å². The lowest BCUT2D eigenvalue weighted by atomic mass is 9.92. The summed E-state index contributed by atoms with van der Waals surface area (Å²) in [5.41, 5.74) is 0.707. The van der Waals surface area contributed by atoms with Crippen LogP contribution in [0.2, 0.25) is 0 Å². The van der Waals surface area contributed by atoms with E-state index in [1.165, 1.54) is 51.9 Å². The summed E-state index contributed by atoms with van der Waals surface area (Å²) in [5, 5.41) is 3.63. The van der Waals surface area contributed by atoms with E-state index in [0.717, 1.165) is 12.0 Å². The maximum Gasteiger partial charge on any atom is 0.0120 e. The van der Waals surface area contributed by atoms with E-state index in [0.29, 0.717) is 5.41 Å². The molecule has 2 unspecified atom stereocenters. The van der Waals surface area contributed by atoms with Gasteiger partial charge in [0.2, 0.25) is 0 Å². The molecule has 2 atom stereocenters. The summed E-state index contributed by atoms with van der Waals surface area (Å²) in [6.07, 6.45) is 5.74. The molecule has 0 spiro atoms. The Morgan fingerprint density at radius 3 is 3.00 bits per heavy atom. The van der Waals surface area contributed by atoms with Crippen LogP contribution in [-0.4, -0.2) is 37.1 Å². The molecule has 2 heteroatoms. The fourth-order valence-corrected chi connectivity index (χ4v) is 3.18. The first-order valence-electron chi connectivity index (χ1n) is 6.21. The van der Waals surface area contributed by atoms with Gasteiger partial charge in [0.25, 0.3) is 0 Å². The Kier molecular flexibility index (Phi) is 2.10. The second-order valence-corrected chi connectivity index (χ2v) is 5.94. The Labute approximate surface area is 87.0 Å². The first kappa shape index (κ1) is 9.17. The van der Waals surface area contributed by atoms with Gasteiger partial charge in [0.15, 0.2) is 0 Å². The van der Waals surface area contributed by atoms with E-state index in [-0.39, 0.29) is 0 Å². The Bertz CT molecular complexity index is 222. The second-order valence-electron chi connectivity index (χ2n) is 5.94. The van der Waals surface area contributed by atoms with Crippen molar-refractivity contribution in [2.45, 2.75) is 38.6 Å². The average Bonchev–Trinajstić information content (AvgIpc) is 2.73. The molecule has 0 amide bonds. The molecule has 3 rings (SSSR count). The van der Waals surface area contributed by atoms with Gasteiger partial charge in [-0.25, -0.2) is 0 Å². The largest absolute Gasteiger partial charge is 0.314 e. The highest BCUT2D eigenvalue weighted by atomic mass is 15.2. The Hall–Kier alpha value is -0.0800. The molecule has 1 saturated carbocycles. The number of likely N-dealkylation sites (tertiary alicyclic amines) is 1. The summed E-state index contributed by atoms with van der Waals surface area (Å²) in [7, 11) is 0. The zero-order valence-corrected chi connectivity index (χ0v) is 9.26. The molecule has 80 valence electrons. The van der Waals surface area contributed by atoms with Crippen molar-refractivity contribution in [3.63, 3.8) is 0 Å². The van der Waals surface area contributed by atoms with Crippen LogP contribution < -0.4 is 5.32 Å². The molecule has 0 aromatic rings. The maximum absolute atomic E-state index is 3.63. The van der Waals surface area contributed by atoms with Crippen LogP contribution in [0.1, 0.15) is 32.6 Å². The Morgan fingerprint density at radius 1 is 1.36 bits per heavy atom. The quantitative estimate of drug-likeness (QED) is 0.716. The molecule has 0 radical (unpaired) electrons. The van der Waals surface area contributed by atoms with Gasteiger partial charge in [-0.2, -0.15) is 0 Å². The molecule has 2 heterocycles. The second kappa shape index (κ2) is 3.21. The van der Waals surface area contributed by atoms with Gasteiger partial charge < -0.3 is 10.2 Å². The Balaban J connectivity index is 1.56. The van der Waals surface area contributed by atoms with Crippen LogP contribution in [0.4, 0.5) is 0 Å². The van der Waals surface area contributed by atoms with Crippen LogP contribution in [-0.2, 0) is 0 Å². The number of piperidine rings is 1. The molecular weight excluding hydrogens is 172 g/mol. The highest BCUT2D eigenvalue weighted by Crippen LogP contribution is 2.46. The van der Waals surface area contributed by atoms with Crippen LogP contribution >= 0.6 is 0 Å². The van der Waals surface area contributed by atoms with Gasteiger partial charge in [-0.15, -0.1) is 0 Å². The minimum Gasteiger partial charge on any atom is -0.314 e. The predicted octanol–water partition coefficient (Wildman–Crippen LogP) is 1.47. The van der Waals surface area contributed by atoms with E-state index in [1.807, 2.05) is 0 Å². The van der Waals surface area contributed by atoms with Gasteiger partial charge in [0.05, 0.1) is 0 Å². The monoisotopic (exact) mass is 194 g/mol. The van der Waals surface area contributed by atoms with Crippen molar-refractivity contribution in [3.8, 4) is 0 Å². The summed E-state index contributed by atoms with van der Waals surface area (Å²) in [6, 6.07) is 0.859. The van der Waals surface area contributed by atoms with Gasteiger partial charge >= 0.3 is 0 Å². The fraction of sp³-hybridized carbons (Fsp3) is 1.00. The smallest absolute Gasteiger partial charge is 0.0120 e. The Morgan fingerprint density at radius 2 is 2.21 bits per heavy atom. The molecule has 0 aromatic heterocycles. The lowest BCUT2D eigenvalue weighted by molar-refractivity contribution is 0.139. The highest BCUT2D eigenvalue weighted by Gasteiger charge is 2.41. The SMILES string of the molecule is CC1(CN2CCC3NCCC3C2)CC1. The molecule has 2 saturated heterocycles. The van der Waals surface area contributed by atoms with E-state index >= 15 is 0 Å². The third-order valence-corrected chi connectivity index (χ3v) is 4.45. The number of hydrogen-bond donors (Lipinski definition) is 1. The number of hydrogen-bond acceptors (Lipinski definition) is 2. The lowest BCUT2D eigenvalue weighted by Gasteiger charge is -2.36. The van der Waals surface area contributed by atoms with E-state index in [4.69, 9.17) is 0 Å². The summed E-state index contributed by atoms with van der Waals surface area (Å²) < 4.78 is 0. The molecule has 0 bridgehead atoms. The van der Waals surface area contributed by atoms with Crippen molar-refractivity contribution in [1.82, 2.24) is 10.2 Å². The summed E-state index contributed by atoms with van der Waals surface area (Å²) in [5.74, 6) is 0.964. The molecule has 1 aliphatic carbocycles. The normalized spacial score (nSPS) is 40.9. The zero-order valence-electron chi connectivity index (χ0n) is 9.26. The molecule has 14 heavy (non-hydrogen) atoms. The first-order chi connectivity index (χ1) is 6.75. The van der Waals surface area contributed by atoms with Crippen molar-refractivity contribution >= 4 is 0 Å². The first-order valence-corrected chi connectivity index (χ1v) is 6.21. The van der Waals surface area contributed by atoms with Crippen molar-refractivity contribution < 1.29 is 0 Å². The van der Waals surface area contributed by atoms with Gasteiger partial charge in [-0.3, -0.25) is 0 Å². The molecule has 2 nitrogen and oxygen atoms in total. The fourth-order valence-electron chi connectivity index (χ4n) is 3.18. The number of rotatable bonds is 2. The van der Waals surface area contributed by atoms with Crippen LogP contribution in [0.15, 0.2) is 0 Å². The van der Waals surface area contributed by atoms with Gasteiger partial charge in [0.1, 0.15) is 0 Å². The van der Waals surface area contributed by atoms with Crippen LogP contribution in [0.3, 0.4) is 0 Å². The average molecular weight is 194 g/mol. The summed E-state index contributed by atoms with van der Waals surface area (Å²) in [4.78, 5) is 2.72. The maximum atomic E-state index is 3.63. The topological polar surface area (TPSA) is 15.3 Å². The zero-order chi connectivity index (χ0) is 9.60. The van der Waals surface area contributed by atoms with Gasteiger partial charge in [-0.1, -0.05) is 6.92 Å². The minimum absolute atomic E-state index is 0.707. The van der Waals surface area contributed by atoms with Crippen molar-refractivity contribution in [1.29, 1.82) is 0 Å². The van der Waals surface area contributed by atoms with Crippen LogP contribution in [0.5, 0.6) is 0 Å². The van der Waals surface area contributed by atoms with Gasteiger partial charge in [0, 0.05) is 19.1 Å². The highest BCUT2D eigenvalue weighted by molar-refractivity contribution is 4.95.